The van der Waals surface area contributed by atoms with Crippen LogP contribution >= 0.6 is 0 Å². The van der Waals surface area contributed by atoms with Crippen LogP contribution in [-0.2, 0) is 4.79 Å². The monoisotopic (exact) mass is 168 g/mol. The standard InChI is InChI=1S/C9H16N2O/c1-2-9-5-3-4-6-11(9)7-10-8-12/h9H,2-7H2,1H3. The molecule has 3 heteroatoms. The van der Waals surface area contributed by atoms with E-state index in [0.29, 0.717) is 12.7 Å². The topological polar surface area (TPSA) is 32.7 Å². The van der Waals surface area contributed by atoms with Crippen LogP contribution in [0.4, 0.5) is 0 Å². The molecule has 12 heavy (non-hydrogen) atoms. The molecule has 0 radical (unpaired) electrons. The smallest absolute Gasteiger partial charge is 0.236 e. The molecular weight excluding hydrogens is 152 g/mol. The summed E-state index contributed by atoms with van der Waals surface area (Å²) in [4.78, 5) is 15.8. The van der Waals surface area contributed by atoms with Gasteiger partial charge >= 0.3 is 0 Å². The maximum atomic E-state index is 9.92. The van der Waals surface area contributed by atoms with Gasteiger partial charge < -0.3 is 0 Å². The molecule has 68 valence electrons. The van der Waals surface area contributed by atoms with Crippen LogP contribution in [0, 0.1) is 0 Å². The predicted molar refractivity (Wildman–Crippen MR) is 47.6 cm³/mol. The Bertz CT molecular complexity index is 175. The van der Waals surface area contributed by atoms with Crippen molar-refractivity contribution >= 4 is 6.08 Å². The van der Waals surface area contributed by atoms with Gasteiger partial charge in [0.05, 0.1) is 0 Å². The van der Waals surface area contributed by atoms with Crippen LogP contribution in [0.2, 0.25) is 0 Å². The summed E-state index contributed by atoms with van der Waals surface area (Å²) in [5, 5.41) is 0. The molecular formula is C9H16N2O. The molecule has 1 aliphatic heterocycles. The number of piperidine rings is 1. The molecule has 1 aliphatic rings. The average Bonchev–Trinajstić information content (AvgIpc) is 2.15. The van der Waals surface area contributed by atoms with E-state index in [2.05, 4.69) is 16.8 Å². The first-order chi connectivity index (χ1) is 5.88. The Kier molecular flexibility index (Phi) is 3.98. The van der Waals surface area contributed by atoms with E-state index < -0.39 is 0 Å². The summed E-state index contributed by atoms with van der Waals surface area (Å²) >= 11 is 0. The molecule has 1 fully saturated rings. The Balaban J connectivity index is 2.40. The van der Waals surface area contributed by atoms with Gasteiger partial charge in [0.25, 0.3) is 0 Å². The third kappa shape index (κ3) is 2.43. The van der Waals surface area contributed by atoms with E-state index in [-0.39, 0.29) is 0 Å². The number of carbonyl (C=O) groups excluding carboxylic acids is 1. The van der Waals surface area contributed by atoms with Crippen LogP contribution in [-0.4, -0.2) is 30.2 Å². The van der Waals surface area contributed by atoms with Crippen LogP contribution in [0.3, 0.4) is 0 Å². The first-order valence-electron chi connectivity index (χ1n) is 4.66. The highest BCUT2D eigenvalue weighted by Crippen LogP contribution is 2.18. The van der Waals surface area contributed by atoms with Gasteiger partial charge in [0, 0.05) is 12.6 Å². The minimum absolute atomic E-state index is 0.544. The van der Waals surface area contributed by atoms with Crippen LogP contribution in [0.5, 0.6) is 0 Å². The summed E-state index contributed by atoms with van der Waals surface area (Å²) in [5.74, 6) is 0. The van der Waals surface area contributed by atoms with E-state index in [1.807, 2.05) is 0 Å². The molecule has 0 aromatic heterocycles. The van der Waals surface area contributed by atoms with Crippen molar-refractivity contribution in [2.75, 3.05) is 13.2 Å². The number of rotatable bonds is 3. The normalized spacial score (nSPS) is 24.9. The summed E-state index contributed by atoms with van der Waals surface area (Å²) in [7, 11) is 0. The van der Waals surface area contributed by atoms with Crippen molar-refractivity contribution in [2.45, 2.75) is 38.6 Å². The summed E-state index contributed by atoms with van der Waals surface area (Å²) in [5.41, 5.74) is 0. The molecule has 1 atom stereocenters. The van der Waals surface area contributed by atoms with E-state index >= 15 is 0 Å². The van der Waals surface area contributed by atoms with Gasteiger partial charge in [0.2, 0.25) is 6.08 Å². The van der Waals surface area contributed by atoms with Crippen molar-refractivity contribution in [3.63, 3.8) is 0 Å². The van der Waals surface area contributed by atoms with E-state index in [9.17, 15) is 4.79 Å². The van der Waals surface area contributed by atoms with E-state index in [4.69, 9.17) is 0 Å². The van der Waals surface area contributed by atoms with Crippen LogP contribution in [0.1, 0.15) is 32.6 Å². The number of nitrogens with zero attached hydrogens (tertiary/aromatic N) is 2. The third-order valence-corrected chi connectivity index (χ3v) is 2.54. The molecule has 0 aromatic rings. The molecule has 0 aromatic carbocycles. The molecule has 1 heterocycles. The molecule has 0 amide bonds. The van der Waals surface area contributed by atoms with Gasteiger partial charge in [-0.15, -0.1) is 0 Å². The van der Waals surface area contributed by atoms with Gasteiger partial charge in [-0.1, -0.05) is 13.3 Å². The van der Waals surface area contributed by atoms with E-state index in [1.54, 1.807) is 6.08 Å². The SMILES string of the molecule is CCC1CCCCN1CN=C=O. The Labute approximate surface area is 73.5 Å². The van der Waals surface area contributed by atoms with Gasteiger partial charge in [-0.25, -0.2) is 4.79 Å². The lowest BCUT2D eigenvalue weighted by Crippen LogP contribution is -2.38. The first kappa shape index (κ1) is 9.43. The highest BCUT2D eigenvalue weighted by Gasteiger charge is 2.19. The summed E-state index contributed by atoms with van der Waals surface area (Å²) < 4.78 is 0. The molecule has 1 saturated heterocycles. The molecule has 1 unspecified atom stereocenters. The molecule has 0 N–H and O–H groups in total. The van der Waals surface area contributed by atoms with Crippen molar-refractivity contribution in [1.29, 1.82) is 0 Å². The number of aliphatic imine (C=N–C) groups is 1. The quantitative estimate of drug-likeness (QED) is 0.473. The fraction of sp³-hybridized carbons (Fsp3) is 0.889. The fourth-order valence-corrected chi connectivity index (χ4v) is 1.83. The number of hydrogen-bond donors (Lipinski definition) is 0. The highest BCUT2D eigenvalue weighted by atomic mass is 16.1. The maximum absolute atomic E-state index is 9.92. The molecule has 1 rings (SSSR count). The van der Waals surface area contributed by atoms with Crippen LogP contribution in [0.25, 0.3) is 0 Å². The second kappa shape index (κ2) is 5.07. The minimum Gasteiger partial charge on any atom is -0.281 e. The van der Waals surface area contributed by atoms with Crippen LogP contribution < -0.4 is 0 Å². The second-order valence-electron chi connectivity index (χ2n) is 3.26. The van der Waals surface area contributed by atoms with Gasteiger partial charge in [0.1, 0.15) is 6.67 Å². The minimum atomic E-state index is 0.544. The number of hydrogen-bond acceptors (Lipinski definition) is 3. The molecule has 0 spiro atoms. The van der Waals surface area contributed by atoms with Gasteiger partial charge in [-0.2, -0.15) is 4.99 Å². The van der Waals surface area contributed by atoms with Crippen molar-refractivity contribution in [1.82, 2.24) is 4.90 Å². The third-order valence-electron chi connectivity index (χ3n) is 2.54. The Morgan fingerprint density at radius 2 is 2.42 bits per heavy atom. The second-order valence-corrected chi connectivity index (χ2v) is 3.26. The van der Waals surface area contributed by atoms with Gasteiger partial charge in [0.15, 0.2) is 0 Å². The van der Waals surface area contributed by atoms with Crippen molar-refractivity contribution in [3.05, 3.63) is 0 Å². The van der Waals surface area contributed by atoms with Crippen LogP contribution in [0.15, 0.2) is 4.99 Å². The zero-order valence-electron chi connectivity index (χ0n) is 7.62. The number of isocyanates is 1. The largest absolute Gasteiger partial charge is 0.281 e. The Morgan fingerprint density at radius 1 is 1.58 bits per heavy atom. The Morgan fingerprint density at radius 3 is 3.08 bits per heavy atom. The summed E-state index contributed by atoms with van der Waals surface area (Å²) in [6.45, 7) is 3.82. The molecule has 0 aliphatic carbocycles. The summed E-state index contributed by atoms with van der Waals surface area (Å²) in [6, 6.07) is 0.635. The lowest BCUT2D eigenvalue weighted by Gasteiger charge is -2.33. The van der Waals surface area contributed by atoms with E-state index in [0.717, 1.165) is 13.0 Å². The predicted octanol–water partition coefficient (Wildman–Crippen LogP) is 1.54. The van der Waals surface area contributed by atoms with Gasteiger partial charge in [-0.05, 0) is 19.3 Å². The van der Waals surface area contributed by atoms with Crippen molar-refractivity contribution in [2.24, 2.45) is 4.99 Å². The molecule has 0 bridgehead atoms. The fourth-order valence-electron chi connectivity index (χ4n) is 1.83. The average molecular weight is 168 g/mol. The zero-order chi connectivity index (χ0) is 8.81. The Hall–Kier alpha value is -0.660. The maximum Gasteiger partial charge on any atom is 0.236 e. The van der Waals surface area contributed by atoms with Crippen molar-refractivity contribution in [3.8, 4) is 0 Å². The lowest BCUT2D eigenvalue weighted by atomic mass is 10.0. The van der Waals surface area contributed by atoms with Crippen molar-refractivity contribution < 1.29 is 4.79 Å². The molecule has 3 nitrogen and oxygen atoms in total. The van der Waals surface area contributed by atoms with Gasteiger partial charge in [-0.3, -0.25) is 4.90 Å². The summed E-state index contributed by atoms with van der Waals surface area (Å²) in [6.07, 6.45) is 6.57. The zero-order valence-corrected chi connectivity index (χ0v) is 7.62. The molecule has 0 saturated carbocycles. The number of likely N-dealkylation sites (tertiary alicyclic amines) is 1. The lowest BCUT2D eigenvalue weighted by molar-refractivity contribution is 0.149. The highest BCUT2D eigenvalue weighted by molar-refractivity contribution is 5.32. The first-order valence-corrected chi connectivity index (χ1v) is 4.66. The van der Waals surface area contributed by atoms with E-state index in [1.165, 1.54) is 19.3 Å².